The number of aliphatic hydroxyl groups is 1. The zero-order chi connectivity index (χ0) is 21.0. The first-order valence-electron chi connectivity index (χ1n) is 11.6. The molecule has 158 valence electrons. The summed E-state index contributed by atoms with van der Waals surface area (Å²) in [6.45, 7) is 13.0. The van der Waals surface area contributed by atoms with Crippen LogP contribution >= 0.6 is 0 Å². The molecule has 3 saturated carbocycles. The average Bonchev–Trinajstić information content (AvgIpc) is 3.03. The molecule has 0 aromatic heterocycles. The third kappa shape index (κ3) is 3.32. The molecule has 1 N–H and O–H groups in total. The van der Waals surface area contributed by atoms with Crippen molar-refractivity contribution in [1.82, 2.24) is 0 Å². The predicted octanol–water partition coefficient (Wildman–Crippen LogP) is 6.18. The first-order valence-corrected chi connectivity index (χ1v) is 11.6. The van der Waals surface area contributed by atoms with E-state index < -0.39 is 0 Å². The van der Waals surface area contributed by atoms with E-state index in [2.05, 4.69) is 38.7 Å². The van der Waals surface area contributed by atoms with Crippen LogP contribution in [0.15, 0.2) is 47.6 Å². The maximum atomic E-state index is 11.6. The fourth-order valence-corrected chi connectivity index (χ4v) is 7.11. The summed E-state index contributed by atoms with van der Waals surface area (Å²) in [5.74, 6) is 1.98. The van der Waals surface area contributed by atoms with Gasteiger partial charge in [0, 0.05) is 5.92 Å². The van der Waals surface area contributed by atoms with E-state index in [9.17, 15) is 9.90 Å². The zero-order valence-corrected chi connectivity index (χ0v) is 18.7. The number of fused-ring (bicyclic) bond motifs is 5. The molecule has 7 atom stereocenters. The van der Waals surface area contributed by atoms with E-state index in [0.29, 0.717) is 17.8 Å². The van der Waals surface area contributed by atoms with E-state index in [1.54, 1.807) is 12.5 Å². The maximum absolute atomic E-state index is 11.6. The van der Waals surface area contributed by atoms with Crippen LogP contribution in [0.25, 0.3) is 0 Å². The number of aliphatic hydroxyl groups excluding tert-OH is 1. The van der Waals surface area contributed by atoms with Gasteiger partial charge in [-0.3, -0.25) is 4.79 Å². The van der Waals surface area contributed by atoms with Crippen LogP contribution in [0.1, 0.15) is 72.6 Å². The number of hydrogen-bond acceptors (Lipinski definition) is 2. The van der Waals surface area contributed by atoms with Crippen LogP contribution in [-0.2, 0) is 4.79 Å². The molecule has 0 heterocycles. The van der Waals surface area contributed by atoms with Crippen molar-refractivity contribution in [2.45, 2.75) is 78.7 Å². The number of ketones is 1. The van der Waals surface area contributed by atoms with Gasteiger partial charge < -0.3 is 5.11 Å². The minimum atomic E-state index is -0.151. The van der Waals surface area contributed by atoms with E-state index >= 15 is 0 Å². The first kappa shape index (κ1) is 20.8. The van der Waals surface area contributed by atoms with Crippen molar-refractivity contribution in [2.24, 2.45) is 34.5 Å². The van der Waals surface area contributed by atoms with E-state index in [-0.39, 0.29) is 28.6 Å². The molecule has 2 heteroatoms. The zero-order valence-electron chi connectivity index (χ0n) is 18.7. The second kappa shape index (κ2) is 7.38. The molecule has 0 amide bonds. The minimum absolute atomic E-state index is 0.0290. The van der Waals surface area contributed by atoms with E-state index in [4.69, 9.17) is 0 Å². The summed E-state index contributed by atoms with van der Waals surface area (Å²) in [7, 11) is 0. The van der Waals surface area contributed by atoms with Gasteiger partial charge in [-0.15, -0.1) is 0 Å². The minimum Gasteiger partial charge on any atom is -0.393 e. The van der Waals surface area contributed by atoms with Crippen LogP contribution in [0.3, 0.4) is 0 Å². The van der Waals surface area contributed by atoms with Crippen LogP contribution in [-0.4, -0.2) is 17.0 Å². The van der Waals surface area contributed by atoms with Crippen LogP contribution in [0, 0.1) is 34.5 Å². The highest BCUT2D eigenvalue weighted by Crippen LogP contribution is 2.65. The second-order valence-corrected chi connectivity index (χ2v) is 10.8. The van der Waals surface area contributed by atoms with Gasteiger partial charge in [-0.25, -0.2) is 0 Å². The molecule has 0 aliphatic heterocycles. The maximum Gasteiger partial charge on any atom is 0.136 e. The molecule has 5 unspecified atom stereocenters. The molecule has 4 aliphatic carbocycles. The Bertz CT molecular complexity index is 799. The smallest absolute Gasteiger partial charge is 0.136 e. The van der Waals surface area contributed by atoms with Crippen molar-refractivity contribution in [2.75, 3.05) is 0 Å². The molecule has 0 aromatic rings. The highest BCUT2D eigenvalue weighted by atomic mass is 16.3. The highest BCUT2D eigenvalue weighted by Gasteiger charge is 2.56. The van der Waals surface area contributed by atoms with Gasteiger partial charge >= 0.3 is 0 Å². The van der Waals surface area contributed by atoms with Gasteiger partial charge in [-0.05, 0) is 80.5 Å². The van der Waals surface area contributed by atoms with E-state index in [0.717, 1.165) is 19.3 Å². The molecule has 4 aliphatic rings. The van der Waals surface area contributed by atoms with Crippen molar-refractivity contribution < 1.29 is 9.90 Å². The van der Waals surface area contributed by atoms with Crippen molar-refractivity contribution in [1.29, 1.82) is 0 Å². The second-order valence-electron chi connectivity index (χ2n) is 10.8. The fraction of sp³-hybridized carbons (Fsp3) is 0.667. The summed E-state index contributed by atoms with van der Waals surface area (Å²) in [5, 5.41) is 10.2. The van der Waals surface area contributed by atoms with Crippen molar-refractivity contribution in [3.63, 3.8) is 0 Å². The third-order valence-corrected chi connectivity index (χ3v) is 9.23. The van der Waals surface area contributed by atoms with Gasteiger partial charge in [0.15, 0.2) is 0 Å². The summed E-state index contributed by atoms with van der Waals surface area (Å²) < 4.78 is 0. The lowest BCUT2D eigenvalue weighted by Crippen LogP contribution is -2.46. The Morgan fingerprint density at radius 2 is 1.93 bits per heavy atom. The third-order valence-electron chi connectivity index (χ3n) is 9.23. The van der Waals surface area contributed by atoms with Crippen molar-refractivity contribution in [3.05, 3.63) is 47.6 Å². The van der Waals surface area contributed by atoms with Gasteiger partial charge in [-0.2, -0.15) is 0 Å². The predicted molar refractivity (Wildman–Crippen MR) is 119 cm³/mol. The summed E-state index contributed by atoms with van der Waals surface area (Å²) >= 11 is 0. The summed E-state index contributed by atoms with van der Waals surface area (Å²) in [4.78, 5) is 11.6. The normalized spacial score (nSPS) is 42.4. The summed E-state index contributed by atoms with van der Waals surface area (Å²) in [6.07, 6.45) is 16.7. The fourth-order valence-electron chi connectivity index (χ4n) is 7.11. The van der Waals surface area contributed by atoms with E-state index in [1.165, 1.54) is 36.8 Å². The van der Waals surface area contributed by atoms with Crippen molar-refractivity contribution in [3.8, 4) is 0 Å². The molecule has 0 aromatic carbocycles. The molecule has 29 heavy (non-hydrogen) atoms. The topological polar surface area (TPSA) is 37.3 Å². The lowest BCUT2D eigenvalue weighted by Gasteiger charge is -2.54. The molecular formula is C27H38O2. The molecule has 0 saturated heterocycles. The quantitative estimate of drug-likeness (QED) is 0.578. The lowest BCUT2D eigenvalue weighted by atomic mass is 9.50. The molecule has 3 fully saturated rings. The SMILES string of the molecule is C=C(/C=C/C(C)C(C)=O)C1CCC2C3=CC=C4CC(O)CC[C@]4(C)C3CC[C@]12C. The molecular weight excluding hydrogens is 356 g/mol. The number of Topliss-reactive ketones (excluding diaryl/α,β-unsaturated/α-hetero) is 1. The first-order chi connectivity index (χ1) is 13.7. The number of rotatable bonds is 4. The Labute approximate surface area is 176 Å². The van der Waals surface area contributed by atoms with Gasteiger partial charge in [0.2, 0.25) is 0 Å². The molecule has 0 radical (unpaired) electrons. The largest absolute Gasteiger partial charge is 0.393 e. The number of allylic oxidation sites excluding steroid dienone is 6. The van der Waals surface area contributed by atoms with Crippen LogP contribution in [0.5, 0.6) is 0 Å². The van der Waals surface area contributed by atoms with Crippen LogP contribution in [0.2, 0.25) is 0 Å². The lowest BCUT2D eigenvalue weighted by molar-refractivity contribution is -0.118. The molecule has 0 bridgehead atoms. The summed E-state index contributed by atoms with van der Waals surface area (Å²) in [5.41, 5.74) is 4.89. The Kier molecular flexibility index (Phi) is 5.30. The van der Waals surface area contributed by atoms with Gasteiger partial charge in [0.25, 0.3) is 0 Å². The summed E-state index contributed by atoms with van der Waals surface area (Å²) in [6, 6.07) is 0. The number of carbonyl (C=O) groups excluding carboxylic acids is 1. The van der Waals surface area contributed by atoms with Crippen molar-refractivity contribution >= 4 is 5.78 Å². The van der Waals surface area contributed by atoms with Crippen LogP contribution in [0.4, 0.5) is 0 Å². The van der Waals surface area contributed by atoms with Gasteiger partial charge in [-0.1, -0.05) is 68.4 Å². The Hall–Kier alpha value is -1.41. The van der Waals surface area contributed by atoms with Crippen LogP contribution < -0.4 is 0 Å². The molecule has 2 nitrogen and oxygen atoms in total. The average molecular weight is 395 g/mol. The monoisotopic (exact) mass is 394 g/mol. The number of hydrogen-bond donors (Lipinski definition) is 1. The Morgan fingerprint density at radius 3 is 2.66 bits per heavy atom. The Morgan fingerprint density at radius 1 is 1.17 bits per heavy atom. The molecule has 0 spiro atoms. The van der Waals surface area contributed by atoms with Gasteiger partial charge in [0.05, 0.1) is 6.10 Å². The van der Waals surface area contributed by atoms with Gasteiger partial charge in [0.1, 0.15) is 5.78 Å². The number of carbonyl (C=O) groups is 1. The molecule has 4 rings (SSSR count). The van der Waals surface area contributed by atoms with E-state index in [1.807, 2.05) is 13.0 Å². The highest BCUT2D eigenvalue weighted by molar-refractivity contribution is 5.79. The standard InChI is InChI=1S/C27H38O2/c1-17(19(3)28)6-7-18(2)23-10-11-24-22-9-8-20-16-21(29)12-14-26(20,4)25(22)13-15-27(23,24)5/h6-9,17,21,23-25,29H,2,10-16H2,1,3-5H3/b7-6+/t17?,21?,23?,24?,25?,26-,27+/m0/s1. The Balaban J connectivity index is 1.58.